The van der Waals surface area contributed by atoms with Gasteiger partial charge in [0.1, 0.15) is 5.75 Å². The molecule has 19 heavy (non-hydrogen) atoms. The molecule has 1 unspecified atom stereocenters. The van der Waals surface area contributed by atoms with Crippen molar-refractivity contribution in [3.8, 4) is 11.5 Å². The summed E-state index contributed by atoms with van der Waals surface area (Å²) < 4.78 is 14.4. The zero-order valence-electron chi connectivity index (χ0n) is 11.1. The van der Waals surface area contributed by atoms with E-state index in [1.54, 1.807) is 14.2 Å². The van der Waals surface area contributed by atoms with Gasteiger partial charge in [0.25, 0.3) is 0 Å². The lowest BCUT2D eigenvalue weighted by Crippen LogP contribution is -2.06. The summed E-state index contributed by atoms with van der Waals surface area (Å²) in [4.78, 5) is 0. The van der Waals surface area contributed by atoms with Crippen molar-refractivity contribution >= 4 is 22.4 Å². The maximum atomic E-state index is 5.72. The number of nitrogens with two attached hydrogens (primary N) is 1. The largest absolute Gasteiger partial charge is 0.497 e. The number of hydrogen-bond donors (Lipinski definition) is 2. The summed E-state index contributed by atoms with van der Waals surface area (Å²) >= 11 is 1.30. The first-order valence-corrected chi connectivity index (χ1v) is 6.62. The number of hydrogen-bond acceptors (Lipinski definition) is 6. The van der Waals surface area contributed by atoms with Crippen LogP contribution in [0.3, 0.4) is 0 Å². The molecule has 1 atom stereocenters. The highest BCUT2D eigenvalue weighted by molar-refractivity contribution is 7.11. The second-order valence-corrected chi connectivity index (χ2v) is 4.84. The Morgan fingerprint density at radius 3 is 2.47 bits per heavy atom. The van der Waals surface area contributed by atoms with Crippen molar-refractivity contribution in [3.63, 3.8) is 0 Å². The van der Waals surface area contributed by atoms with E-state index in [2.05, 4.69) is 16.6 Å². The fraction of sp³-hybridized carbons (Fsp3) is 0.308. The molecule has 0 amide bonds. The van der Waals surface area contributed by atoms with Crippen LogP contribution in [0.4, 0.5) is 10.8 Å². The molecular weight excluding hydrogens is 262 g/mol. The lowest BCUT2D eigenvalue weighted by molar-refractivity contribution is 0.414. The molecule has 102 valence electrons. The topological polar surface area (TPSA) is 69.4 Å². The Bertz CT molecular complexity index is 539. The molecule has 0 fully saturated rings. The van der Waals surface area contributed by atoms with Gasteiger partial charge in [0.2, 0.25) is 0 Å². The van der Waals surface area contributed by atoms with Gasteiger partial charge in [0.05, 0.1) is 14.2 Å². The van der Waals surface area contributed by atoms with Gasteiger partial charge in [-0.1, -0.05) is 12.1 Å². The monoisotopic (exact) mass is 279 g/mol. The summed E-state index contributed by atoms with van der Waals surface area (Å²) in [6, 6.07) is 8.04. The standard InChI is InChI=1S/C13H17N3O2S/c1-8(9-4-6-10(17-2)7-5-9)15-13-11(18-3)12(14)16-19-13/h4-8,15H,1-3H3,(H2,14,16). The van der Waals surface area contributed by atoms with E-state index in [1.165, 1.54) is 11.5 Å². The van der Waals surface area contributed by atoms with Gasteiger partial charge < -0.3 is 20.5 Å². The van der Waals surface area contributed by atoms with Gasteiger partial charge in [-0.15, -0.1) is 0 Å². The normalized spacial score (nSPS) is 11.9. The average Bonchev–Trinajstić information content (AvgIpc) is 2.79. The van der Waals surface area contributed by atoms with E-state index in [1.807, 2.05) is 24.3 Å². The maximum absolute atomic E-state index is 5.72. The maximum Gasteiger partial charge on any atom is 0.197 e. The molecule has 1 heterocycles. The fourth-order valence-corrected chi connectivity index (χ4v) is 2.53. The van der Waals surface area contributed by atoms with Gasteiger partial charge >= 0.3 is 0 Å². The predicted molar refractivity (Wildman–Crippen MR) is 78.1 cm³/mol. The minimum Gasteiger partial charge on any atom is -0.497 e. The molecular formula is C13H17N3O2S. The van der Waals surface area contributed by atoms with Gasteiger partial charge in [-0.25, -0.2) is 0 Å². The minimum atomic E-state index is 0.125. The number of nitrogens with one attached hydrogen (secondary N) is 1. The zero-order valence-corrected chi connectivity index (χ0v) is 12.0. The van der Waals surface area contributed by atoms with Crippen molar-refractivity contribution in [3.05, 3.63) is 29.8 Å². The first-order valence-electron chi connectivity index (χ1n) is 5.85. The second-order valence-electron chi connectivity index (χ2n) is 4.07. The predicted octanol–water partition coefficient (Wildman–Crippen LogP) is 2.92. The molecule has 1 aromatic heterocycles. The molecule has 5 nitrogen and oxygen atoms in total. The SMILES string of the molecule is COc1ccc(C(C)Nc2snc(N)c2OC)cc1. The summed E-state index contributed by atoms with van der Waals surface area (Å²) in [6.45, 7) is 2.07. The van der Waals surface area contributed by atoms with Gasteiger partial charge in [-0.05, 0) is 36.2 Å². The van der Waals surface area contributed by atoms with Crippen LogP contribution < -0.4 is 20.5 Å². The number of anilines is 2. The van der Waals surface area contributed by atoms with E-state index in [9.17, 15) is 0 Å². The highest BCUT2D eigenvalue weighted by atomic mass is 32.1. The third kappa shape index (κ3) is 2.90. The van der Waals surface area contributed by atoms with Gasteiger partial charge in [0.15, 0.2) is 16.6 Å². The lowest BCUT2D eigenvalue weighted by Gasteiger charge is -2.15. The first-order chi connectivity index (χ1) is 9.15. The molecule has 2 rings (SSSR count). The van der Waals surface area contributed by atoms with Crippen molar-refractivity contribution in [2.75, 3.05) is 25.3 Å². The highest BCUT2D eigenvalue weighted by Crippen LogP contribution is 2.37. The molecule has 0 aliphatic carbocycles. The van der Waals surface area contributed by atoms with Crippen molar-refractivity contribution in [1.82, 2.24) is 4.37 Å². The lowest BCUT2D eigenvalue weighted by atomic mass is 10.1. The Morgan fingerprint density at radius 1 is 1.21 bits per heavy atom. The third-order valence-electron chi connectivity index (χ3n) is 2.84. The Kier molecular flexibility index (Phi) is 4.11. The Morgan fingerprint density at radius 2 is 1.89 bits per heavy atom. The van der Waals surface area contributed by atoms with Crippen LogP contribution in [0.1, 0.15) is 18.5 Å². The number of benzene rings is 1. The molecule has 0 saturated carbocycles. The van der Waals surface area contributed by atoms with Crippen LogP contribution in [0.5, 0.6) is 11.5 Å². The van der Waals surface area contributed by atoms with Crippen LogP contribution in [-0.2, 0) is 0 Å². The average molecular weight is 279 g/mol. The van der Waals surface area contributed by atoms with E-state index in [-0.39, 0.29) is 6.04 Å². The second kappa shape index (κ2) is 5.79. The van der Waals surface area contributed by atoms with E-state index in [4.69, 9.17) is 15.2 Å². The van der Waals surface area contributed by atoms with Crippen LogP contribution in [0.2, 0.25) is 0 Å². The van der Waals surface area contributed by atoms with Crippen LogP contribution in [0.15, 0.2) is 24.3 Å². The molecule has 0 aliphatic rings. The fourth-order valence-electron chi connectivity index (χ4n) is 1.76. The van der Waals surface area contributed by atoms with Crippen molar-refractivity contribution in [2.24, 2.45) is 0 Å². The molecule has 2 aromatic rings. The van der Waals surface area contributed by atoms with Crippen LogP contribution in [-0.4, -0.2) is 18.6 Å². The van der Waals surface area contributed by atoms with Crippen LogP contribution >= 0.6 is 11.5 Å². The summed E-state index contributed by atoms with van der Waals surface area (Å²) in [6.07, 6.45) is 0. The molecule has 0 bridgehead atoms. The number of nitrogens with zero attached hydrogens (tertiary/aromatic N) is 1. The van der Waals surface area contributed by atoms with E-state index in [0.717, 1.165) is 16.3 Å². The minimum absolute atomic E-state index is 0.125. The van der Waals surface area contributed by atoms with Crippen LogP contribution in [0.25, 0.3) is 0 Å². The van der Waals surface area contributed by atoms with E-state index >= 15 is 0 Å². The molecule has 6 heteroatoms. The first kappa shape index (κ1) is 13.5. The molecule has 0 spiro atoms. The molecule has 0 aliphatic heterocycles. The molecule has 3 N–H and O–H groups in total. The summed E-state index contributed by atoms with van der Waals surface area (Å²) in [7, 11) is 3.24. The van der Waals surface area contributed by atoms with E-state index in [0.29, 0.717) is 11.6 Å². The van der Waals surface area contributed by atoms with Crippen molar-refractivity contribution in [1.29, 1.82) is 0 Å². The Balaban J connectivity index is 2.13. The highest BCUT2D eigenvalue weighted by Gasteiger charge is 2.14. The smallest absolute Gasteiger partial charge is 0.197 e. The number of nitrogen functional groups attached to an aromatic ring is 1. The number of aromatic nitrogens is 1. The van der Waals surface area contributed by atoms with Gasteiger partial charge in [-0.2, -0.15) is 4.37 Å². The Labute approximate surface area is 116 Å². The molecule has 1 aromatic carbocycles. The summed E-state index contributed by atoms with van der Waals surface area (Å²) in [5.74, 6) is 1.86. The zero-order chi connectivity index (χ0) is 13.8. The van der Waals surface area contributed by atoms with E-state index < -0.39 is 0 Å². The Hall–Kier alpha value is -1.95. The summed E-state index contributed by atoms with van der Waals surface area (Å²) in [5, 5.41) is 4.18. The van der Waals surface area contributed by atoms with Crippen LogP contribution in [0, 0.1) is 0 Å². The number of rotatable bonds is 5. The quantitative estimate of drug-likeness (QED) is 0.880. The molecule has 0 saturated heterocycles. The van der Waals surface area contributed by atoms with Crippen molar-refractivity contribution in [2.45, 2.75) is 13.0 Å². The van der Waals surface area contributed by atoms with Gasteiger partial charge in [0, 0.05) is 6.04 Å². The number of ether oxygens (including phenoxy) is 2. The van der Waals surface area contributed by atoms with Gasteiger partial charge in [-0.3, -0.25) is 0 Å². The number of methoxy groups -OCH3 is 2. The van der Waals surface area contributed by atoms with Crippen molar-refractivity contribution < 1.29 is 9.47 Å². The molecule has 0 radical (unpaired) electrons. The summed E-state index contributed by atoms with van der Waals surface area (Å²) in [5.41, 5.74) is 6.87. The third-order valence-corrected chi connectivity index (χ3v) is 3.62.